The molecular weight excluding hydrogens is 398 g/mol. The number of hydrazone groups is 1. The number of hydrazine groups is 4. The maximum absolute atomic E-state index is 12.9. The van der Waals surface area contributed by atoms with Gasteiger partial charge in [-0.1, -0.05) is 41.6 Å². The zero-order valence-electron chi connectivity index (χ0n) is 15.5. The van der Waals surface area contributed by atoms with Gasteiger partial charge in [0.15, 0.2) is 0 Å². The first-order valence-electron chi connectivity index (χ1n) is 8.92. The quantitative estimate of drug-likeness (QED) is 0.288. The summed E-state index contributed by atoms with van der Waals surface area (Å²) in [5.41, 5.74) is 0.800. The van der Waals surface area contributed by atoms with Crippen LogP contribution in [0.15, 0.2) is 47.8 Å². The molecule has 0 spiro atoms. The summed E-state index contributed by atoms with van der Waals surface area (Å²) < 4.78 is 5.40. The van der Waals surface area contributed by atoms with Gasteiger partial charge in [-0.25, -0.2) is 0 Å². The zero-order chi connectivity index (χ0) is 20.8. The molecule has 1 aromatic carbocycles. The molecule has 0 fully saturated rings. The largest absolute Gasteiger partial charge is 0.690 e. The smallest absolute Gasteiger partial charge is 0.528 e. The minimum atomic E-state index is -0.911. The lowest BCUT2D eigenvalue weighted by atomic mass is 10.2. The second-order valence-corrected chi connectivity index (χ2v) is 7.14. The summed E-state index contributed by atoms with van der Waals surface area (Å²) in [5, 5.41) is 26.3. The lowest BCUT2D eigenvalue weighted by Gasteiger charge is -2.24. The molecule has 0 bridgehead atoms. The fourth-order valence-electron chi connectivity index (χ4n) is 2.77. The summed E-state index contributed by atoms with van der Waals surface area (Å²) in [7, 11) is 0. The van der Waals surface area contributed by atoms with Crippen molar-refractivity contribution in [1.82, 2.24) is 15.4 Å². The van der Waals surface area contributed by atoms with E-state index in [1.165, 1.54) is 16.5 Å². The number of carbonyl (C=O) groups excluding carboxylic acids is 1. The van der Waals surface area contributed by atoms with Gasteiger partial charge in [-0.2, -0.15) is 10.6 Å². The monoisotopic (exact) mass is 419 g/mol. The van der Waals surface area contributed by atoms with E-state index in [-0.39, 0.29) is 25.4 Å². The van der Waals surface area contributed by atoms with Crippen LogP contribution < -0.4 is 5.84 Å². The van der Waals surface area contributed by atoms with Crippen molar-refractivity contribution in [1.29, 1.82) is 0 Å². The Morgan fingerprint density at radius 2 is 1.93 bits per heavy atom. The number of hydrogen-bond donors (Lipinski definition) is 2. The van der Waals surface area contributed by atoms with Gasteiger partial charge < -0.3 is 15.1 Å². The van der Waals surface area contributed by atoms with E-state index in [1.54, 1.807) is 17.5 Å². The minimum Gasteiger partial charge on any atom is -0.690 e. The average molecular weight is 419 g/mol. The number of rotatable bonds is 8. The van der Waals surface area contributed by atoms with Crippen molar-refractivity contribution in [3.63, 3.8) is 0 Å². The fourth-order valence-corrected chi connectivity index (χ4v) is 3.50. The molecule has 0 saturated heterocycles. The van der Waals surface area contributed by atoms with Crippen LogP contribution in [-0.4, -0.2) is 49.8 Å². The second kappa shape index (κ2) is 9.37. The molecule has 1 aromatic heterocycles. The highest BCUT2D eigenvalue weighted by Gasteiger charge is 2.48. The molecule has 11 heteroatoms. The molecule has 1 aliphatic rings. The van der Waals surface area contributed by atoms with Crippen LogP contribution in [0.5, 0.6) is 0 Å². The molecule has 0 atom stereocenters. The first-order valence-corrected chi connectivity index (χ1v) is 9.80. The molecule has 0 unspecified atom stereocenters. The summed E-state index contributed by atoms with van der Waals surface area (Å²) in [6.45, 7) is 0.196. The Hall–Kier alpha value is -3.15. The Balaban J connectivity index is 1.77. The Kier molecular flexibility index (Phi) is 6.65. The minimum absolute atomic E-state index is 0.0144. The van der Waals surface area contributed by atoms with Gasteiger partial charge in [-0.05, 0) is 34.9 Å². The summed E-state index contributed by atoms with van der Waals surface area (Å²) in [5.74, 6) is 5.00. The zero-order valence-corrected chi connectivity index (χ0v) is 16.3. The number of aliphatic carboxylic acids is 1. The van der Waals surface area contributed by atoms with E-state index in [9.17, 15) is 14.8 Å². The molecule has 29 heavy (non-hydrogen) atoms. The van der Waals surface area contributed by atoms with E-state index in [1.807, 2.05) is 30.3 Å². The summed E-state index contributed by atoms with van der Waals surface area (Å²) in [4.78, 5) is 24.5. The second-order valence-electron chi connectivity index (χ2n) is 6.19. The number of hydrogen-bond acceptors (Lipinski definition) is 8. The lowest BCUT2D eigenvalue weighted by molar-refractivity contribution is -0.673. The van der Waals surface area contributed by atoms with Crippen molar-refractivity contribution in [3.05, 3.63) is 63.5 Å². The number of carboxylic acid groups (broad SMARTS) is 1. The van der Waals surface area contributed by atoms with Crippen molar-refractivity contribution < 1.29 is 24.3 Å². The number of carbonyl (C=O) groups is 2. The van der Waals surface area contributed by atoms with Crippen molar-refractivity contribution >= 4 is 29.2 Å². The van der Waals surface area contributed by atoms with Gasteiger partial charge in [0.2, 0.25) is 0 Å². The Bertz CT molecular complexity index is 874. The van der Waals surface area contributed by atoms with Crippen LogP contribution in [0.25, 0.3) is 0 Å². The number of amidine groups is 1. The molecule has 0 aliphatic carbocycles. The van der Waals surface area contributed by atoms with Gasteiger partial charge in [0.1, 0.15) is 11.5 Å². The highest BCUT2D eigenvalue weighted by atomic mass is 32.1. The number of amides is 1. The maximum atomic E-state index is 12.9. The van der Waals surface area contributed by atoms with Crippen LogP contribution in [0.2, 0.25) is 0 Å². The van der Waals surface area contributed by atoms with Gasteiger partial charge in [-0.3, -0.25) is 4.79 Å². The molecule has 0 radical (unpaired) electrons. The van der Waals surface area contributed by atoms with E-state index in [0.717, 1.165) is 15.8 Å². The number of nitrogens with two attached hydrogens (primary N) is 1. The Labute approximate surface area is 171 Å². The van der Waals surface area contributed by atoms with E-state index < -0.39 is 12.1 Å². The topological polar surface area (TPSA) is 125 Å². The van der Waals surface area contributed by atoms with Gasteiger partial charge in [-0.15, -0.1) is 16.2 Å². The molecule has 1 aliphatic heterocycles. The van der Waals surface area contributed by atoms with E-state index >= 15 is 0 Å². The first-order chi connectivity index (χ1) is 14.0. The predicted molar refractivity (Wildman–Crippen MR) is 105 cm³/mol. The van der Waals surface area contributed by atoms with E-state index in [4.69, 9.17) is 15.7 Å². The SMILES string of the molecule is NN1N(CCCCC(=O)O)N(C(=O)OCc2ccccc2)C(c2cccs2)=[N+]1[O-]. The van der Waals surface area contributed by atoms with E-state index in [0.29, 0.717) is 22.6 Å². The normalized spacial score (nSPS) is 14.5. The third-order valence-electron chi connectivity index (χ3n) is 4.15. The summed E-state index contributed by atoms with van der Waals surface area (Å²) >= 11 is 1.28. The molecule has 154 valence electrons. The van der Waals surface area contributed by atoms with Gasteiger partial charge in [0.05, 0.1) is 6.54 Å². The highest BCUT2D eigenvalue weighted by molar-refractivity contribution is 7.12. The molecule has 2 aromatic rings. The van der Waals surface area contributed by atoms with Crippen molar-refractivity contribution in [3.8, 4) is 0 Å². The average Bonchev–Trinajstić information content (AvgIpc) is 3.32. The number of carboxylic acids is 1. The molecule has 3 rings (SSSR count). The molecule has 2 heterocycles. The number of unbranched alkanes of at least 4 members (excludes halogenated alkanes) is 1. The first kappa shape index (κ1) is 20.6. The standard InChI is InChI=1S/C18H21N5O5S/c19-23-20(11-5-4-10-16(24)25)21(17(22(23)27)15-9-6-12-29-15)18(26)28-13-14-7-2-1-3-8-14/h1-3,6-9,12H,4-5,10-11,13,19H2,(H,24,25). The number of nitrogens with zero attached hydrogens (tertiary/aromatic N) is 4. The van der Waals surface area contributed by atoms with Gasteiger partial charge >= 0.3 is 17.9 Å². The molecular formula is C18H21N5O5S. The van der Waals surface area contributed by atoms with Crippen LogP contribution in [0.3, 0.4) is 0 Å². The van der Waals surface area contributed by atoms with E-state index in [2.05, 4.69) is 0 Å². The molecule has 3 N–H and O–H groups in total. The highest BCUT2D eigenvalue weighted by Crippen LogP contribution is 2.22. The Morgan fingerprint density at radius 3 is 2.59 bits per heavy atom. The number of thiophene rings is 1. The van der Waals surface area contributed by atoms with Crippen LogP contribution in [0.4, 0.5) is 4.79 Å². The molecule has 10 nitrogen and oxygen atoms in total. The maximum Gasteiger partial charge on any atom is 0.528 e. The summed E-state index contributed by atoms with van der Waals surface area (Å²) in [6, 6.07) is 12.6. The number of ether oxygens (including phenoxy) is 1. The van der Waals surface area contributed by atoms with Crippen LogP contribution in [0.1, 0.15) is 29.7 Å². The Morgan fingerprint density at radius 1 is 1.17 bits per heavy atom. The predicted octanol–water partition coefficient (Wildman–Crippen LogP) is 2.13. The van der Waals surface area contributed by atoms with Crippen LogP contribution in [0, 0.1) is 5.21 Å². The molecule has 0 saturated carbocycles. The van der Waals surface area contributed by atoms with Gasteiger partial charge in [0.25, 0.3) is 0 Å². The summed E-state index contributed by atoms with van der Waals surface area (Å²) in [6.07, 6.45) is 0.0112. The fraction of sp³-hybridized carbons (Fsp3) is 0.278. The third-order valence-corrected chi connectivity index (χ3v) is 5.02. The lowest BCUT2D eigenvalue weighted by Crippen LogP contribution is -2.54. The van der Waals surface area contributed by atoms with Crippen molar-refractivity contribution in [2.24, 2.45) is 5.84 Å². The van der Waals surface area contributed by atoms with Crippen LogP contribution >= 0.6 is 11.3 Å². The van der Waals surface area contributed by atoms with Crippen LogP contribution in [-0.2, 0) is 16.1 Å². The van der Waals surface area contributed by atoms with Crippen molar-refractivity contribution in [2.45, 2.75) is 25.9 Å². The third kappa shape index (κ3) is 4.83. The molecule has 1 amide bonds. The number of benzene rings is 1. The van der Waals surface area contributed by atoms with Crippen molar-refractivity contribution in [2.75, 3.05) is 6.54 Å². The van der Waals surface area contributed by atoms with Gasteiger partial charge in [0, 0.05) is 11.5 Å².